The predicted octanol–water partition coefficient (Wildman–Crippen LogP) is 2.39. The summed E-state index contributed by atoms with van der Waals surface area (Å²) in [6, 6.07) is 0. The van der Waals surface area contributed by atoms with E-state index in [0.29, 0.717) is 12.4 Å². The minimum absolute atomic E-state index is 0.473. The minimum Gasteiger partial charge on any atom is -0.378 e. The molecule has 2 aromatic rings. The highest BCUT2D eigenvalue weighted by Crippen LogP contribution is 2.25. The number of rotatable bonds is 4. The van der Waals surface area contributed by atoms with Crippen molar-refractivity contribution >= 4 is 39.7 Å². The zero-order chi connectivity index (χ0) is 12.3. The standard InChI is InChI=1S/C10H11IN4OS/c1-12-10-8(11)6(4-16-2)14-9(15-10)7-3-13-5-17-7/h3,5H,4H2,1-2H3,(H,12,14,15). The molecular formula is C10H11IN4OS. The summed E-state index contributed by atoms with van der Waals surface area (Å²) in [5.41, 5.74) is 2.65. The maximum absolute atomic E-state index is 5.15. The fourth-order valence-corrected chi connectivity index (χ4v) is 2.55. The van der Waals surface area contributed by atoms with Crippen LogP contribution >= 0.6 is 33.9 Å². The summed E-state index contributed by atoms with van der Waals surface area (Å²) >= 11 is 3.74. The molecule has 0 atom stereocenters. The monoisotopic (exact) mass is 362 g/mol. The van der Waals surface area contributed by atoms with Crippen LogP contribution in [0.2, 0.25) is 0 Å². The number of aromatic nitrogens is 3. The van der Waals surface area contributed by atoms with Crippen LogP contribution in [0.15, 0.2) is 11.7 Å². The van der Waals surface area contributed by atoms with E-state index in [2.05, 4.69) is 42.9 Å². The molecule has 0 unspecified atom stereocenters. The van der Waals surface area contributed by atoms with Crippen LogP contribution in [0, 0.1) is 3.57 Å². The van der Waals surface area contributed by atoms with E-state index in [9.17, 15) is 0 Å². The van der Waals surface area contributed by atoms with Crippen molar-refractivity contribution in [1.82, 2.24) is 15.0 Å². The molecule has 0 fully saturated rings. The molecule has 5 nitrogen and oxygen atoms in total. The van der Waals surface area contributed by atoms with Gasteiger partial charge < -0.3 is 10.1 Å². The third-order valence-electron chi connectivity index (χ3n) is 2.09. The zero-order valence-corrected chi connectivity index (χ0v) is 12.4. The Labute approximate surface area is 117 Å². The Morgan fingerprint density at radius 3 is 2.88 bits per heavy atom. The smallest absolute Gasteiger partial charge is 0.173 e. The lowest BCUT2D eigenvalue weighted by Crippen LogP contribution is -2.05. The Kier molecular flexibility index (Phi) is 4.24. The fraction of sp³-hybridized carbons (Fsp3) is 0.300. The largest absolute Gasteiger partial charge is 0.378 e. The quantitative estimate of drug-likeness (QED) is 0.847. The Hall–Kier alpha value is -0.800. The maximum Gasteiger partial charge on any atom is 0.173 e. The Balaban J connectivity index is 2.50. The molecule has 0 aliphatic rings. The number of ether oxygens (including phenoxy) is 1. The SMILES string of the molecule is CNc1nc(-c2cncs2)nc(COC)c1I. The van der Waals surface area contributed by atoms with E-state index in [4.69, 9.17) is 4.74 Å². The lowest BCUT2D eigenvalue weighted by Gasteiger charge is -2.09. The first-order valence-corrected chi connectivity index (χ1v) is 6.84. The van der Waals surface area contributed by atoms with Gasteiger partial charge in [0.05, 0.1) is 26.3 Å². The van der Waals surface area contributed by atoms with E-state index in [0.717, 1.165) is 20.0 Å². The van der Waals surface area contributed by atoms with Crippen LogP contribution in [0.1, 0.15) is 5.69 Å². The molecule has 0 saturated heterocycles. The summed E-state index contributed by atoms with van der Waals surface area (Å²) in [5, 5.41) is 3.07. The van der Waals surface area contributed by atoms with Gasteiger partial charge in [0.1, 0.15) is 5.82 Å². The second kappa shape index (κ2) is 5.69. The van der Waals surface area contributed by atoms with Gasteiger partial charge in [0.2, 0.25) is 0 Å². The third-order valence-corrected chi connectivity index (χ3v) is 3.99. The number of methoxy groups -OCH3 is 1. The molecule has 0 amide bonds. The molecule has 90 valence electrons. The topological polar surface area (TPSA) is 59.9 Å². The van der Waals surface area contributed by atoms with Gasteiger partial charge >= 0.3 is 0 Å². The highest BCUT2D eigenvalue weighted by molar-refractivity contribution is 14.1. The van der Waals surface area contributed by atoms with Crippen molar-refractivity contribution in [1.29, 1.82) is 0 Å². The van der Waals surface area contributed by atoms with Crippen LogP contribution in [-0.4, -0.2) is 29.1 Å². The molecule has 0 aliphatic heterocycles. The molecule has 0 bridgehead atoms. The molecule has 0 spiro atoms. The van der Waals surface area contributed by atoms with Crippen molar-refractivity contribution in [3.63, 3.8) is 0 Å². The van der Waals surface area contributed by atoms with Crippen molar-refractivity contribution < 1.29 is 4.74 Å². The number of hydrogen-bond donors (Lipinski definition) is 1. The van der Waals surface area contributed by atoms with Crippen LogP contribution < -0.4 is 5.32 Å². The van der Waals surface area contributed by atoms with Gasteiger partial charge in [0.25, 0.3) is 0 Å². The first kappa shape index (κ1) is 12.7. The average Bonchev–Trinajstić information content (AvgIpc) is 2.85. The Morgan fingerprint density at radius 2 is 2.29 bits per heavy atom. The molecule has 17 heavy (non-hydrogen) atoms. The number of halogens is 1. The van der Waals surface area contributed by atoms with Crippen molar-refractivity contribution in [2.75, 3.05) is 19.5 Å². The number of nitrogens with zero attached hydrogens (tertiary/aromatic N) is 3. The average molecular weight is 362 g/mol. The summed E-state index contributed by atoms with van der Waals surface area (Å²) < 4.78 is 6.13. The summed E-state index contributed by atoms with van der Waals surface area (Å²) in [5.74, 6) is 1.50. The molecule has 7 heteroatoms. The van der Waals surface area contributed by atoms with Gasteiger partial charge in [-0.1, -0.05) is 0 Å². The molecule has 0 aromatic carbocycles. The van der Waals surface area contributed by atoms with Crippen molar-refractivity contribution in [3.05, 3.63) is 21.0 Å². The Morgan fingerprint density at radius 1 is 1.47 bits per heavy atom. The van der Waals surface area contributed by atoms with Crippen LogP contribution in [-0.2, 0) is 11.3 Å². The van der Waals surface area contributed by atoms with E-state index in [1.165, 1.54) is 11.3 Å². The van der Waals surface area contributed by atoms with Crippen LogP contribution in [0.25, 0.3) is 10.7 Å². The zero-order valence-electron chi connectivity index (χ0n) is 9.40. The molecule has 2 heterocycles. The van der Waals surface area contributed by atoms with E-state index in [1.54, 1.807) is 18.8 Å². The minimum atomic E-state index is 0.473. The molecule has 2 aromatic heterocycles. The first-order chi connectivity index (χ1) is 8.26. The number of thiazole rings is 1. The number of hydrogen-bond acceptors (Lipinski definition) is 6. The van der Waals surface area contributed by atoms with Crippen molar-refractivity contribution in [2.24, 2.45) is 0 Å². The molecule has 1 N–H and O–H groups in total. The number of anilines is 1. The van der Waals surface area contributed by atoms with Gasteiger partial charge in [-0.15, -0.1) is 11.3 Å². The molecular weight excluding hydrogens is 351 g/mol. The van der Waals surface area contributed by atoms with Crippen LogP contribution in [0.4, 0.5) is 5.82 Å². The summed E-state index contributed by atoms with van der Waals surface area (Å²) in [4.78, 5) is 14.0. The van der Waals surface area contributed by atoms with Gasteiger partial charge in [0.15, 0.2) is 5.82 Å². The van der Waals surface area contributed by atoms with Gasteiger partial charge in [0, 0.05) is 20.4 Å². The summed E-state index contributed by atoms with van der Waals surface area (Å²) in [6.45, 7) is 0.473. The van der Waals surface area contributed by atoms with Gasteiger partial charge in [-0.2, -0.15) is 0 Å². The van der Waals surface area contributed by atoms with E-state index >= 15 is 0 Å². The van der Waals surface area contributed by atoms with Gasteiger partial charge in [-0.05, 0) is 22.6 Å². The lowest BCUT2D eigenvalue weighted by atomic mass is 10.3. The van der Waals surface area contributed by atoms with Crippen LogP contribution in [0.3, 0.4) is 0 Å². The van der Waals surface area contributed by atoms with E-state index in [1.807, 2.05) is 7.05 Å². The first-order valence-electron chi connectivity index (χ1n) is 4.88. The van der Waals surface area contributed by atoms with Crippen molar-refractivity contribution in [2.45, 2.75) is 6.61 Å². The summed E-state index contributed by atoms with van der Waals surface area (Å²) in [7, 11) is 3.50. The highest BCUT2D eigenvalue weighted by atomic mass is 127. The predicted molar refractivity (Wildman–Crippen MR) is 76.1 cm³/mol. The number of nitrogens with one attached hydrogen (secondary N) is 1. The second-order valence-corrected chi connectivity index (χ2v) is 5.17. The molecule has 0 radical (unpaired) electrons. The Bertz CT molecular complexity index is 503. The lowest BCUT2D eigenvalue weighted by molar-refractivity contribution is 0.181. The second-order valence-electron chi connectivity index (χ2n) is 3.21. The molecule has 0 saturated carbocycles. The maximum atomic E-state index is 5.15. The van der Waals surface area contributed by atoms with Gasteiger partial charge in [-0.25, -0.2) is 9.97 Å². The highest BCUT2D eigenvalue weighted by Gasteiger charge is 2.13. The van der Waals surface area contributed by atoms with Crippen LogP contribution in [0.5, 0.6) is 0 Å². The van der Waals surface area contributed by atoms with Gasteiger partial charge in [-0.3, -0.25) is 4.98 Å². The normalized spacial score (nSPS) is 10.5. The molecule has 0 aliphatic carbocycles. The van der Waals surface area contributed by atoms with E-state index < -0.39 is 0 Å². The van der Waals surface area contributed by atoms with Crippen molar-refractivity contribution in [3.8, 4) is 10.7 Å². The molecule has 2 rings (SSSR count). The van der Waals surface area contributed by atoms with E-state index in [-0.39, 0.29) is 0 Å². The fourth-order valence-electron chi connectivity index (χ4n) is 1.33. The third kappa shape index (κ3) is 2.72. The summed E-state index contributed by atoms with van der Waals surface area (Å²) in [6.07, 6.45) is 1.77.